The minimum Gasteiger partial charge on any atom is -0.490 e. The number of hydrogen-bond donors (Lipinski definition) is 3. The number of benzene rings is 3. The number of hydrogen-bond acceptors (Lipinski definition) is 5. The van der Waals surface area contributed by atoms with Crippen LogP contribution in [0.5, 0.6) is 17.2 Å². The van der Waals surface area contributed by atoms with Crippen molar-refractivity contribution in [2.24, 2.45) is 0 Å². The summed E-state index contributed by atoms with van der Waals surface area (Å²) in [5.41, 5.74) is 0.699. The van der Waals surface area contributed by atoms with Gasteiger partial charge in [-0.2, -0.15) is 0 Å². The Morgan fingerprint density at radius 2 is 1.52 bits per heavy atom. The zero-order valence-electron chi connectivity index (χ0n) is 25.5. The lowest BCUT2D eigenvalue weighted by atomic mass is 10.1. The molecule has 0 aromatic heterocycles. The molecule has 0 spiro atoms. The zero-order chi connectivity index (χ0) is 31.3. The lowest BCUT2D eigenvalue weighted by Gasteiger charge is -2.32. The number of nitrogens with zero attached hydrogens (tertiary/aromatic N) is 1. The first kappa shape index (κ1) is 32.7. The van der Waals surface area contributed by atoms with E-state index in [4.69, 9.17) is 9.47 Å². The Morgan fingerprint density at radius 3 is 2.20 bits per heavy atom. The molecule has 1 saturated heterocycles. The molecule has 4 rings (SSSR count). The van der Waals surface area contributed by atoms with Crippen LogP contribution >= 0.6 is 0 Å². The van der Waals surface area contributed by atoms with Crippen molar-refractivity contribution in [2.45, 2.75) is 64.9 Å². The van der Waals surface area contributed by atoms with Gasteiger partial charge in [0, 0.05) is 43.0 Å². The highest BCUT2D eigenvalue weighted by molar-refractivity contribution is 6.04. The summed E-state index contributed by atoms with van der Waals surface area (Å²) in [5.74, 6) is -1.31. The van der Waals surface area contributed by atoms with Gasteiger partial charge in [0.2, 0.25) is 0 Å². The maximum atomic E-state index is 14.6. The second-order valence-electron chi connectivity index (χ2n) is 11.0. The van der Waals surface area contributed by atoms with E-state index in [2.05, 4.69) is 27.8 Å². The molecule has 3 aromatic rings. The Kier molecular flexibility index (Phi) is 12.4. The number of amides is 3. The number of piperidine rings is 1. The summed E-state index contributed by atoms with van der Waals surface area (Å²) in [6, 6.07) is 14.5. The number of rotatable bonds is 14. The highest BCUT2D eigenvalue weighted by Crippen LogP contribution is 2.30. The Balaban J connectivity index is 1.25. The second-order valence-corrected chi connectivity index (χ2v) is 11.0. The topological polar surface area (TPSA) is 91.9 Å². The zero-order valence-corrected chi connectivity index (χ0v) is 25.5. The van der Waals surface area contributed by atoms with Crippen molar-refractivity contribution in [3.05, 3.63) is 77.9 Å². The van der Waals surface area contributed by atoms with Gasteiger partial charge < -0.3 is 30.3 Å². The van der Waals surface area contributed by atoms with Crippen LogP contribution in [0.25, 0.3) is 0 Å². The average Bonchev–Trinajstić information content (AvgIpc) is 3.02. The molecule has 3 N–H and O–H groups in total. The molecule has 10 heteroatoms. The van der Waals surface area contributed by atoms with Gasteiger partial charge in [0.15, 0.2) is 17.4 Å². The van der Waals surface area contributed by atoms with Gasteiger partial charge in [0.25, 0.3) is 5.91 Å². The van der Waals surface area contributed by atoms with Gasteiger partial charge in [-0.25, -0.2) is 13.6 Å². The Hall–Kier alpha value is -4.18. The van der Waals surface area contributed by atoms with E-state index in [1.54, 1.807) is 24.3 Å². The van der Waals surface area contributed by atoms with Crippen LogP contribution in [0.3, 0.4) is 0 Å². The molecule has 1 aliphatic rings. The van der Waals surface area contributed by atoms with Crippen molar-refractivity contribution in [1.82, 2.24) is 10.2 Å². The van der Waals surface area contributed by atoms with Gasteiger partial charge in [-0.1, -0.05) is 33.1 Å². The van der Waals surface area contributed by atoms with Gasteiger partial charge in [0.1, 0.15) is 17.6 Å². The van der Waals surface area contributed by atoms with Crippen LogP contribution in [-0.2, 0) is 0 Å². The molecule has 0 aliphatic carbocycles. The summed E-state index contributed by atoms with van der Waals surface area (Å²) in [6.45, 7) is 7.94. The molecule has 1 heterocycles. The van der Waals surface area contributed by atoms with Crippen molar-refractivity contribution in [2.75, 3.05) is 36.8 Å². The highest BCUT2D eigenvalue weighted by atomic mass is 19.1. The molecule has 3 aromatic carbocycles. The van der Waals surface area contributed by atoms with Crippen LogP contribution in [0.2, 0.25) is 0 Å². The number of carbonyl (C=O) groups excluding carboxylic acids is 2. The number of carbonyl (C=O) groups is 2. The molecule has 0 bridgehead atoms. The summed E-state index contributed by atoms with van der Waals surface area (Å²) in [5, 5.41) is 7.75. The van der Waals surface area contributed by atoms with Crippen molar-refractivity contribution >= 4 is 23.3 Å². The summed E-state index contributed by atoms with van der Waals surface area (Å²) in [7, 11) is 0. The van der Waals surface area contributed by atoms with Crippen LogP contribution in [0.15, 0.2) is 60.7 Å². The number of ether oxygens (including phenoxy) is 2. The van der Waals surface area contributed by atoms with Crippen molar-refractivity contribution in [3.8, 4) is 17.2 Å². The van der Waals surface area contributed by atoms with Gasteiger partial charge >= 0.3 is 6.03 Å². The number of nitrogens with one attached hydrogen (secondary N) is 3. The Morgan fingerprint density at radius 1 is 0.841 bits per heavy atom. The summed E-state index contributed by atoms with van der Waals surface area (Å²) in [4.78, 5) is 27.2. The summed E-state index contributed by atoms with van der Waals surface area (Å²) in [6.07, 6.45) is 7.37. The molecule has 0 radical (unpaired) electrons. The summed E-state index contributed by atoms with van der Waals surface area (Å²) < 4.78 is 40.8. The van der Waals surface area contributed by atoms with E-state index in [0.717, 1.165) is 69.6 Å². The van der Waals surface area contributed by atoms with Crippen LogP contribution in [-0.4, -0.2) is 49.1 Å². The molecule has 0 atom stereocenters. The van der Waals surface area contributed by atoms with Crippen molar-refractivity contribution < 1.29 is 27.8 Å². The number of halogens is 2. The van der Waals surface area contributed by atoms with Gasteiger partial charge in [-0.3, -0.25) is 4.79 Å². The number of anilines is 2. The van der Waals surface area contributed by atoms with E-state index in [9.17, 15) is 18.4 Å². The predicted octanol–water partition coefficient (Wildman–Crippen LogP) is 7.96. The summed E-state index contributed by atoms with van der Waals surface area (Å²) >= 11 is 0. The monoisotopic (exact) mass is 608 g/mol. The van der Waals surface area contributed by atoms with Gasteiger partial charge in [-0.15, -0.1) is 0 Å². The third kappa shape index (κ3) is 9.94. The maximum absolute atomic E-state index is 14.6. The smallest absolute Gasteiger partial charge is 0.319 e. The Bertz CT molecular complexity index is 1360. The molecule has 0 saturated carbocycles. The van der Waals surface area contributed by atoms with Crippen molar-refractivity contribution in [1.29, 1.82) is 0 Å². The third-order valence-corrected chi connectivity index (χ3v) is 7.46. The van der Waals surface area contributed by atoms with E-state index in [1.807, 2.05) is 19.1 Å². The van der Waals surface area contributed by atoms with Gasteiger partial charge in [0.05, 0.1) is 5.69 Å². The van der Waals surface area contributed by atoms with E-state index >= 15 is 0 Å². The molecule has 236 valence electrons. The largest absolute Gasteiger partial charge is 0.490 e. The number of urea groups is 1. The molecule has 1 aliphatic heterocycles. The molecule has 8 nitrogen and oxygen atoms in total. The average molecular weight is 609 g/mol. The minimum atomic E-state index is -0.838. The SMILES string of the molecule is CCCCCNC(=O)Nc1cc(F)c(Oc2ccc(NC(=O)c3ccc(OC4CCN(CCCC)CC4)cc3)cc2)cc1F. The molecular weight excluding hydrogens is 566 g/mol. The fourth-order valence-corrected chi connectivity index (χ4v) is 4.89. The Labute approximate surface area is 258 Å². The molecule has 3 amide bonds. The molecule has 0 unspecified atom stereocenters. The number of unbranched alkanes of at least 4 members (excludes halogenated alkanes) is 3. The standard InChI is InChI=1S/C34H42F2N4O4/c1-3-5-7-18-37-34(42)39-31-22-30(36)32(23-29(31)35)44-27-14-10-25(11-15-27)38-33(41)24-8-12-26(13-9-24)43-28-16-20-40(21-17-28)19-6-4-2/h8-15,22-23,28H,3-7,16-21H2,1-2H3,(H,38,41)(H2,37,39,42). The first-order chi connectivity index (χ1) is 21.3. The fraction of sp³-hybridized carbons (Fsp3) is 0.412. The lowest BCUT2D eigenvalue weighted by Crippen LogP contribution is -2.38. The van der Waals surface area contributed by atoms with E-state index < -0.39 is 17.7 Å². The first-order valence-corrected chi connectivity index (χ1v) is 15.5. The normalized spacial score (nSPS) is 13.7. The molecule has 1 fully saturated rings. The highest BCUT2D eigenvalue weighted by Gasteiger charge is 2.20. The van der Waals surface area contributed by atoms with E-state index in [-0.39, 0.29) is 29.2 Å². The van der Waals surface area contributed by atoms with E-state index in [0.29, 0.717) is 17.8 Å². The fourth-order valence-electron chi connectivity index (χ4n) is 4.89. The predicted molar refractivity (Wildman–Crippen MR) is 169 cm³/mol. The van der Waals surface area contributed by atoms with Crippen molar-refractivity contribution in [3.63, 3.8) is 0 Å². The lowest BCUT2D eigenvalue weighted by molar-refractivity contribution is 0.0996. The molecular formula is C34H42F2N4O4. The second kappa shape index (κ2) is 16.6. The van der Waals surface area contributed by atoms with Gasteiger partial charge in [-0.05, 0) is 80.8 Å². The third-order valence-electron chi connectivity index (χ3n) is 7.46. The van der Waals surface area contributed by atoms with Crippen LogP contribution in [0, 0.1) is 11.6 Å². The quantitative estimate of drug-likeness (QED) is 0.162. The minimum absolute atomic E-state index is 0.180. The number of likely N-dealkylation sites (tertiary alicyclic amines) is 1. The molecule has 44 heavy (non-hydrogen) atoms. The van der Waals surface area contributed by atoms with Crippen LogP contribution in [0.1, 0.15) is 69.2 Å². The van der Waals surface area contributed by atoms with E-state index in [1.165, 1.54) is 25.0 Å². The van der Waals surface area contributed by atoms with Crippen LogP contribution in [0.4, 0.5) is 25.0 Å². The van der Waals surface area contributed by atoms with Crippen LogP contribution < -0.4 is 25.4 Å². The first-order valence-electron chi connectivity index (χ1n) is 15.5. The maximum Gasteiger partial charge on any atom is 0.319 e.